The zero-order chi connectivity index (χ0) is 22.4. The predicted molar refractivity (Wildman–Crippen MR) is 119 cm³/mol. The third kappa shape index (κ3) is 5.61. The molecule has 2 aromatic heterocycles. The molecule has 0 saturated carbocycles. The van der Waals surface area contributed by atoms with Gasteiger partial charge in [0.05, 0.1) is 12.2 Å². The van der Waals surface area contributed by atoms with Gasteiger partial charge in [-0.1, -0.05) is 41.4 Å². The lowest BCUT2D eigenvalue weighted by Gasteiger charge is -2.10. The number of nitrogens with one attached hydrogen (secondary N) is 1. The van der Waals surface area contributed by atoms with Crippen LogP contribution in [0.2, 0.25) is 10.2 Å². The van der Waals surface area contributed by atoms with Crippen LogP contribution in [0.5, 0.6) is 0 Å². The van der Waals surface area contributed by atoms with Crippen LogP contribution in [-0.4, -0.2) is 36.0 Å². The van der Waals surface area contributed by atoms with E-state index in [4.69, 9.17) is 32.7 Å². The van der Waals surface area contributed by atoms with Gasteiger partial charge in [-0.3, -0.25) is 4.79 Å². The first-order valence-corrected chi connectivity index (χ1v) is 10.7. The molecule has 3 aromatic rings. The summed E-state index contributed by atoms with van der Waals surface area (Å²) in [5, 5.41) is 5.25. The van der Waals surface area contributed by atoms with E-state index in [0.29, 0.717) is 16.1 Å². The average Bonchev–Trinajstić information content (AvgIpc) is 3.16. The van der Waals surface area contributed by atoms with Crippen molar-refractivity contribution in [2.75, 3.05) is 18.5 Å². The van der Waals surface area contributed by atoms with Gasteiger partial charge in [-0.05, 0) is 25.1 Å². The van der Waals surface area contributed by atoms with Crippen molar-refractivity contribution in [1.29, 1.82) is 0 Å². The molecule has 0 radical (unpaired) electrons. The van der Waals surface area contributed by atoms with E-state index in [0.717, 1.165) is 11.3 Å². The number of rotatable bonds is 7. The van der Waals surface area contributed by atoms with E-state index < -0.39 is 24.5 Å². The highest BCUT2D eigenvalue weighted by Gasteiger charge is 2.24. The maximum atomic E-state index is 12.6. The molecule has 0 unspecified atom stereocenters. The van der Waals surface area contributed by atoms with Gasteiger partial charge >= 0.3 is 11.9 Å². The minimum atomic E-state index is -0.729. The van der Waals surface area contributed by atoms with Gasteiger partial charge in [0.2, 0.25) is 0 Å². The van der Waals surface area contributed by atoms with Crippen LogP contribution in [0.15, 0.2) is 48.0 Å². The second kappa shape index (κ2) is 10.4. The van der Waals surface area contributed by atoms with Crippen molar-refractivity contribution < 1.29 is 23.9 Å². The molecule has 7 nitrogen and oxygen atoms in total. The highest BCUT2D eigenvalue weighted by atomic mass is 35.5. The van der Waals surface area contributed by atoms with Gasteiger partial charge in [0.1, 0.15) is 15.7 Å². The summed E-state index contributed by atoms with van der Waals surface area (Å²) < 4.78 is 10.1. The number of nitrogens with zero attached hydrogens (tertiary/aromatic N) is 1. The molecule has 0 atom stereocenters. The molecular formula is C21H16Cl2N2O5S. The third-order valence-corrected chi connectivity index (χ3v) is 5.43. The smallest absolute Gasteiger partial charge is 0.341 e. The number of halogens is 2. The number of pyridine rings is 1. The van der Waals surface area contributed by atoms with Crippen molar-refractivity contribution in [2.24, 2.45) is 0 Å². The normalized spacial score (nSPS) is 10.4. The molecule has 10 heteroatoms. The number of anilines is 1. The topological polar surface area (TPSA) is 94.6 Å². The fourth-order valence-corrected chi connectivity index (χ4v) is 3.92. The summed E-state index contributed by atoms with van der Waals surface area (Å²) in [6.45, 7) is 1.29. The molecule has 1 aromatic carbocycles. The summed E-state index contributed by atoms with van der Waals surface area (Å²) >= 11 is 13.1. The molecule has 0 saturated heterocycles. The lowest BCUT2D eigenvalue weighted by atomic mass is 10.0. The van der Waals surface area contributed by atoms with Gasteiger partial charge in [-0.15, -0.1) is 11.3 Å². The predicted octanol–water partition coefficient (Wildman–Crippen LogP) is 5.09. The Morgan fingerprint density at radius 2 is 1.81 bits per heavy atom. The quantitative estimate of drug-likeness (QED) is 0.375. The van der Waals surface area contributed by atoms with Crippen molar-refractivity contribution >= 4 is 57.4 Å². The van der Waals surface area contributed by atoms with Crippen LogP contribution in [0.1, 0.15) is 27.6 Å². The highest BCUT2D eigenvalue weighted by molar-refractivity contribution is 7.15. The molecule has 0 aliphatic carbocycles. The number of thiophene rings is 1. The zero-order valence-corrected chi connectivity index (χ0v) is 18.5. The molecule has 31 heavy (non-hydrogen) atoms. The Balaban J connectivity index is 1.76. The van der Waals surface area contributed by atoms with E-state index in [1.807, 2.05) is 0 Å². The summed E-state index contributed by atoms with van der Waals surface area (Å²) in [4.78, 5) is 40.7. The van der Waals surface area contributed by atoms with Gasteiger partial charge in [-0.2, -0.15) is 0 Å². The van der Waals surface area contributed by atoms with Crippen LogP contribution in [0.3, 0.4) is 0 Å². The molecule has 2 heterocycles. The minimum Gasteiger partial charge on any atom is -0.462 e. The number of ether oxygens (including phenoxy) is 2. The first-order chi connectivity index (χ1) is 14.9. The molecule has 1 N–H and O–H groups in total. The van der Waals surface area contributed by atoms with Crippen LogP contribution in [0.25, 0.3) is 11.1 Å². The van der Waals surface area contributed by atoms with Crippen LogP contribution in [0, 0.1) is 0 Å². The Morgan fingerprint density at radius 1 is 1.03 bits per heavy atom. The van der Waals surface area contributed by atoms with Crippen molar-refractivity contribution in [3.8, 4) is 11.1 Å². The number of hydrogen-bond acceptors (Lipinski definition) is 7. The first-order valence-electron chi connectivity index (χ1n) is 9.02. The molecule has 0 bridgehead atoms. The number of esters is 2. The molecule has 1 amide bonds. The second-order valence-corrected chi connectivity index (χ2v) is 7.72. The number of hydrogen-bond donors (Lipinski definition) is 1. The standard InChI is InChI=1S/C21H16Cl2N2O5S/c1-2-29-21(28)18-14(13-5-3-4-6-15(13)22)11-31-19(18)25-17(26)10-30-20(27)12-7-8-16(23)24-9-12/h3-9,11H,2,10H2,1H3,(H,25,26). The Morgan fingerprint density at radius 3 is 2.48 bits per heavy atom. The number of amides is 1. The molecule has 160 valence electrons. The van der Waals surface area contributed by atoms with Gasteiger partial charge in [0, 0.05) is 27.7 Å². The van der Waals surface area contributed by atoms with E-state index >= 15 is 0 Å². The lowest BCUT2D eigenvalue weighted by molar-refractivity contribution is -0.119. The summed E-state index contributed by atoms with van der Waals surface area (Å²) in [5.41, 5.74) is 1.50. The molecule has 0 aliphatic rings. The Hall–Kier alpha value is -2.94. The van der Waals surface area contributed by atoms with Crippen LogP contribution in [-0.2, 0) is 14.3 Å². The first kappa shape index (κ1) is 22.7. The summed E-state index contributed by atoms with van der Waals surface area (Å²) in [6.07, 6.45) is 1.25. The van der Waals surface area contributed by atoms with Gasteiger partial charge in [-0.25, -0.2) is 14.6 Å². The fraction of sp³-hybridized carbons (Fsp3) is 0.143. The van der Waals surface area contributed by atoms with Crippen LogP contribution < -0.4 is 5.32 Å². The van der Waals surface area contributed by atoms with Crippen molar-refractivity contribution in [3.63, 3.8) is 0 Å². The average molecular weight is 479 g/mol. The van der Waals surface area contributed by atoms with E-state index in [2.05, 4.69) is 10.3 Å². The van der Waals surface area contributed by atoms with Crippen molar-refractivity contribution in [1.82, 2.24) is 4.98 Å². The number of aromatic nitrogens is 1. The van der Waals surface area contributed by atoms with E-state index in [1.54, 1.807) is 36.6 Å². The van der Waals surface area contributed by atoms with Crippen molar-refractivity contribution in [3.05, 3.63) is 69.3 Å². The van der Waals surface area contributed by atoms with E-state index in [-0.39, 0.29) is 27.9 Å². The van der Waals surface area contributed by atoms with Crippen LogP contribution >= 0.6 is 34.5 Å². The number of carbonyl (C=O) groups is 3. The van der Waals surface area contributed by atoms with Gasteiger partial charge in [0.15, 0.2) is 6.61 Å². The molecule has 0 aliphatic heterocycles. The maximum absolute atomic E-state index is 12.6. The Labute approximate surface area is 191 Å². The highest BCUT2D eigenvalue weighted by Crippen LogP contribution is 2.39. The number of benzene rings is 1. The lowest BCUT2D eigenvalue weighted by Crippen LogP contribution is -2.21. The van der Waals surface area contributed by atoms with E-state index in [1.165, 1.54) is 18.3 Å². The Bertz CT molecular complexity index is 1120. The van der Waals surface area contributed by atoms with Crippen molar-refractivity contribution in [2.45, 2.75) is 6.92 Å². The minimum absolute atomic E-state index is 0.154. The third-order valence-electron chi connectivity index (χ3n) is 3.99. The van der Waals surface area contributed by atoms with Crippen LogP contribution in [0.4, 0.5) is 5.00 Å². The summed E-state index contributed by atoms with van der Waals surface area (Å²) in [6, 6.07) is 9.90. The SMILES string of the molecule is CCOC(=O)c1c(-c2ccccc2Cl)csc1NC(=O)COC(=O)c1ccc(Cl)nc1. The largest absolute Gasteiger partial charge is 0.462 e. The zero-order valence-electron chi connectivity index (χ0n) is 16.2. The molecule has 0 fully saturated rings. The van der Waals surface area contributed by atoms with E-state index in [9.17, 15) is 14.4 Å². The maximum Gasteiger partial charge on any atom is 0.341 e. The summed E-state index contributed by atoms with van der Waals surface area (Å²) in [7, 11) is 0. The molecule has 3 rings (SSSR count). The van der Waals surface area contributed by atoms with Gasteiger partial charge in [0.25, 0.3) is 5.91 Å². The molecule has 0 spiro atoms. The summed E-state index contributed by atoms with van der Waals surface area (Å²) in [5.74, 6) is -1.94. The fourth-order valence-electron chi connectivity index (χ4n) is 2.61. The monoisotopic (exact) mass is 478 g/mol. The second-order valence-electron chi connectivity index (χ2n) is 6.05. The molecular weight excluding hydrogens is 463 g/mol. The number of carbonyl (C=O) groups excluding carboxylic acids is 3. The Kier molecular flexibility index (Phi) is 7.62. The van der Waals surface area contributed by atoms with Gasteiger partial charge < -0.3 is 14.8 Å².